The first-order chi connectivity index (χ1) is 19.6. The van der Waals surface area contributed by atoms with Gasteiger partial charge in [0.1, 0.15) is 0 Å². The Morgan fingerprint density at radius 2 is 1.69 bits per heavy atom. The van der Waals surface area contributed by atoms with Crippen LogP contribution in [0.15, 0.2) is 45.5 Å². The lowest BCUT2D eigenvalue weighted by Gasteiger charge is -2.28. The van der Waals surface area contributed by atoms with Gasteiger partial charge in [-0.3, -0.25) is 28.8 Å². The van der Waals surface area contributed by atoms with Gasteiger partial charge in [-0.15, -0.1) is 0 Å². The van der Waals surface area contributed by atoms with Crippen molar-refractivity contribution in [1.29, 1.82) is 0 Å². The first-order valence-corrected chi connectivity index (χ1v) is 12.5. The van der Waals surface area contributed by atoms with Crippen molar-refractivity contribution < 1.29 is 32.8 Å². The summed E-state index contributed by atoms with van der Waals surface area (Å²) in [5.41, 5.74) is 0.329. The summed E-state index contributed by atoms with van der Waals surface area (Å²) in [6.45, 7) is 6.79. The predicted molar refractivity (Wildman–Crippen MR) is 145 cm³/mol. The Morgan fingerprint density at radius 3 is 2.19 bits per heavy atom. The predicted octanol–water partition coefficient (Wildman–Crippen LogP) is 1.70. The number of ketones is 1. The molecule has 0 saturated carbocycles. The third-order valence-corrected chi connectivity index (χ3v) is 6.24. The average molecular weight is 596 g/mol. The number of anilines is 1. The third-order valence-electron chi connectivity index (χ3n) is 6.24. The average Bonchev–Trinajstić information content (AvgIpc) is 3.33. The Hall–Kier alpha value is -4.80. The Bertz CT molecular complexity index is 1640. The molecule has 2 aromatic heterocycles. The van der Waals surface area contributed by atoms with Crippen molar-refractivity contribution in [3.8, 4) is 0 Å². The summed E-state index contributed by atoms with van der Waals surface area (Å²) in [5, 5.41) is 21.3. The number of fused-ring (bicyclic) bond motifs is 1. The van der Waals surface area contributed by atoms with Crippen LogP contribution in [0.2, 0.25) is 0 Å². The summed E-state index contributed by atoms with van der Waals surface area (Å²) in [7, 11) is 1.52. The van der Waals surface area contributed by atoms with Crippen molar-refractivity contribution in [2.24, 2.45) is 7.05 Å². The molecule has 3 aromatic rings. The normalized spacial score (nSPS) is 13.3. The minimum atomic E-state index is -5.08. The molecule has 3 heterocycles. The van der Waals surface area contributed by atoms with E-state index in [2.05, 4.69) is 15.2 Å². The standard InChI is InChI=1S/C23H27N7O5.C2HF3O2/c1-15(2)8-11-28-19-20(25-22(28)27-12-9-24-10-13-27)26(3)23(33)29(21(19)32)14-18(31)16-4-6-17(7-5-16)30(34)35;3-2(4,5)1(6)7/h4-8,24H,9-14H2,1-3H3;(H,6,7). The number of nitro groups is 1. The number of carboxylic acid groups (broad SMARTS) is 1. The number of nitrogens with zero attached hydrogens (tertiary/aromatic N) is 6. The highest BCUT2D eigenvalue weighted by molar-refractivity contribution is 5.96. The van der Waals surface area contributed by atoms with E-state index in [4.69, 9.17) is 9.90 Å². The Balaban J connectivity index is 0.000000616. The van der Waals surface area contributed by atoms with Gasteiger partial charge in [-0.05, 0) is 26.0 Å². The quantitative estimate of drug-likeness (QED) is 0.177. The zero-order valence-electron chi connectivity index (χ0n) is 22.8. The van der Waals surface area contributed by atoms with Crippen LogP contribution in [0.3, 0.4) is 0 Å². The van der Waals surface area contributed by atoms with Gasteiger partial charge in [-0.2, -0.15) is 18.2 Å². The van der Waals surface area contributed by atoms with Gasteiger partial charge < -0.3 is 19.9 Å². The molecule has 4 rings (SSSR count). The molecule has 0 atom stereocenters. The van der Waals surface area contributed by atoms with Gasteiger partial charge >= 0.3 is 17.8 Å². The van der Waals surface area contributed by atoms with Crippen molar-refractivity contribution in [2.75, 3.05) is 31.1 Å². The molecule has 1 saturated heterocycles. The third kappa shape index (κ3) is 7.09. The number of imidazole rings is 1. The monoisotopic (exact) mass is 595 g/mol. The Labute approximate surface area is 235 Å². The number of allylic oxidation sites excluding steroid dienone is 2. The van der Waals surface area contributed by atoms with Crippen molar-refractivity contribution in [2.45, 2.75) is 33.1 Å². The molecule has 226 valence electrons. The first kappa shape index (κ1) is 31.7. The van der Waals surface area contributed by atoms with E-state index in [1.54, 1.807) is 4.57 Å². The Morgan fingerprint density at radius 1 is 1.12 bits per heavy atom. The number of alkyl halides is 3. The summed E-state index contributed by atoms with van der Waals surface area (Å²) < 4.78 is 35.7. The number of non-ortho nitro benzene ring substituents is 1. The van der Waals surface area contributed by atoms with Crippen molar-refractivity contribution >= 4 is 34.6 Å². The summed E-state index contributed by atoms with van der Waals surface area (Å²) in [6, 6.07) is 5.06. The largest absolute Gasteiger partial charge is 0.490 e. The van der Waals surface area contributed by atoms with Crippen molar-refractivity contribution in [1.82, 2.24) is 24.0 Å². The van der Waals surface area contributed by atoms with Gasteiger partial charge in [0.25, 0.3) is 11.2 Å². The maximum Gasteiger partial charge on any atom is 0.490 e. The number of piperazine rings is 1. The number of hydrogen-bond donors (Lipinski definition) is 2. The summed E-state index contributed by atoms with van der Waals surface area (Å²) in [4.78, 5) is 65.5. The van der Waals surface area contributed by atoms with Gasteiger partial charge in [0.15, 0.2) is 16.9 Å². The minimum absolute atomic E-state index is 0.153. The number of rotatable bonds is 7. The second-order valence-electron chi connectivity index (χ2n) is 9.48. The fraction of sp³-hybridized carbons (Fsp3) is 0.400. The number of carbonyl (C=O) groups excluding carboxylic acids is 1. The number of carbonyl (C=O) groups is 2. The van der Waals surface area contributed by atoms with E-state index in [0.29, 0.717) is 25.6 Å². The molecule has 17 heteroatoms. The summed E-state index contributed by atoms with van der Waals surface area (Å²) >= 11 is 0. The van der Waals surface area contributed by atoms with Gasteiger partial charge in [0.2, 0.25) is 5.95 Å². The van der Waals surface area contributed by atoms with Crippen LogP contribution in [0.5, 0.6) is 0 Å². The molecule has 0 radical (unpaired) electrons. The molecule has 1 fully saturated rings. The van der Waals surface area contributed by atoms with Crippen LogP contribution in [-0.2, 0) is 24.9 Å². The molecule has 0 amide bonds. The second kappa shape index (κ2) is 12.8. The SMILES string of the molecule is CC(C)=CCn1c(N2CCNCC2)nc2c1c(=O)n(CC(=O)c1ccc([N+](=O)[O-])cc1)c(=O)n2C.O=C(O)C(F)(F)F. The molecular weight excluding hydrogens is 567 g/mol. The van der Waals surface area contributed by atoms with Gasteiger partial charge in [-0.25, -0.2) is 9.59 Å². The van der Waals surface area contributed by atoms with Crippen LogP contribution < -0.4 is 21.5 Å². The molecule has 0 aliphatic carbocycles. The van der Waals surface area contributed by atoms with Gasteiger partial charge in [0, 0.05) is 57.5 Å². The number of aryl methyl sites for hydroxylation is 1. The highest BCUT2D eigenvalue weighted by Crippen LogP contribution is 2.21. The summed E-state index contributed by atoms with van der Waals surface area (Å²) in [6.07, 6.45) is -3.11. The number of benzene rings is 1. The number of hydrogen-bond acceptors (Lipinski definition) is 9. The zero-order valence-corrected chi connectivity index (χ0v) is 22.8. The molecule has 0 unspecified atom stereocenters. The van der Waals surface area contributed by atoms with E-state index in [1.807, 2.05) is 19.9 Å². The molecule has 1 aliphatic rings. The fourth-order valence-corrected chi connectivity index (χ4v) is 4.06. The van der Waals surface area contributed by atoms with Crippen LogP contribution in [0.4, 0.5) is 24.8 Å². The molecule has 1 aromatic carbocycles. The highest BCUT2D eigenvalue weighted by Gasteiger charge is 2.38. The highest BCUT2D eigenvalue weighted by atomic mass is 19.4. The number of carboxylic acids is 1. The smallest absolute Gasteiger partial charge is 0.475 e. The van der Waals surface area contributed by atoms with E-state index >= 15 is 0 Å². The molecule has 42 heavy (non-hydrogen) atoms. The molecule has 1 aliphatic heterocycles. The molecule has 0 bridgehead atoms. The van der Waals surface area contributed by atoms with E-state index in [-0.39, 0.29) is 22.4 Å². The summed E-state index contributed by atoms with van der Waals surface area (Å²) in [5.74, 6) is -2.66. The number of nitrogens with one attached hydrogen (secondary N) is 1. The van der Waals surface area contributed by atoms with Crippen LogP contribution in [-0.4, -0.2) is 72.8 Å². The van der Waals surface area contributed by atoms with Crippen LogP contribution in [0.25, 0.3) is 11.2 Å². The topological polar surface area (TPSA) is 175 Å². The van der Waals surface area contributed by atoms with Crippen molar-refractivity contribution in [3.05, 3.63) is 72.4 Å². The maximum absolute atomic E-state index is 13.6. The van der Waals surface area contributed by atoms with Crippen LogP contribution >= 0.6 is 0 Å². The number of Topliss-reactive ketones (excluding diaryl/α,β-unsaturated/α-hetero) is 1. The first-order valence-electron chi connectivity index (χ1n) is 12.5. The number of aliphatic carboxylic acids is 1. The maximum atomic E-state index is 13.6. The second-order valence-corrected chi connectivity index (χ2v) is 9.48. The lowest BCUT2D eigenvalue weighted by Crippen LogP contribution is -2.44. The van der Waals surface area contributed by atoms with E-state index in [9.17, 15) is 37.7 Å². The lowest BCUT2D eigenvalue weighted by molar-refractivity contribution is -0.384. The van der Waals surface area contributed by atoms with Crippen LogP contribution in [0.1, 0.15) is 24.2 Å². The molecule has 2 N–H and O–H groups in total. The lowest BCUT2D eigenvalue weighted by atomic mass is 10.1. The van der Waals surface area contributed by atoms with Crippen LogP contribution in [0, 0.1) is 10.1 Å². The zero-order chi connectivity index (χ0) is 31.4. The number of aromatic nitrogens is 4. The molecular formula is C25H28F3N7O7. The Kier molecular flexibility index (Phi) is 9.67. The molecule has 0 spiro atoms. The molecule has 14 nitrogen and oxygen atoms in total. The van der Waals surface area contributed by atoms with E-state index in [0.717, 1.165) is 23.2 Å². The van der Waals surface area contributed by atoms with Gasteiger partial charge in [-0.1, -0.05) is 11.6 Å². The van der Waals surface area contributed by atoms with Gasteiger partial charge in [0.05, 0.1) is 11.5 Å². The van der Waals surface area contributed by atoms with E-state index in [1.165, 1.54) is 35.9 Å². The fourth-order valence-electron chi connectivity index (χ4n) is 4.06. The minimum Gasteiger partial charge on any atom is -0.475 e. The van der Waals surface area contributed by atoms with E-state index < -0.39 is 40.6 Å². The van der Waals surface area contributed by atoms with Crippen molar-refractivity contribution in [3.63, 3.8) is 0 Å². The number of nitro benzene ring substituents is 1. The number of halogens is 3.